The van der Waals surface area contributed by atoms with Crippen molar-refractivity contribution in [2.75, 3.05) is 63.2 Å². The van der Waals surface area contributed by atoms with E-state index < -0.39 is 0 Å². The van der Waals surface area contributed by atoms with Crippen molar-refractivity contribution >= 4 is 39.9 Å². The van der Waals surface area contributed by atoms with Gasteiger partial charge in [-0.15, -0.1) is 0 Å². The molecule has 0 unspecified atom stereocenters. The molecular weight excluding hydrogens is 456 g/mol. The molecule has 0 saturated carbocycles. The second-order valence-electron chi connectivity index (χ2n) is 8.69. The number of carbonyl (C=O) groups excluding carboxylic acids is 1. The number of piperazine rings is 1. The zero-order valence-electron chi connectivity index (χ0n) is 18.6. The predicted octanol–water partition coefficient (Wildman–Crippen LogP) is 2.18. The van der Waals surface area contributed by atoms with Gasteiger partial charge in [-0.25, -0.2) is 9.97 Å². The summed E-state index contributed by atoms with van der Waals surface area (Å²) in [6.07, 6.45) is 0. The maximum Gasteiger partial charge on any atom is 0.261 e. The third-order valence-corrected chi connectivity index (χ3v) is 6.97. The molecule has 5 heterocycles. The van der Waals surface area contributed by atoms with E-state index in [1.165, 1.54) is 0 Å². The van der Waals surface area contributed by atoms with Gasteiger partial charge in [-0.1, -0.05) is 35.9 Å². The fourth-order valence-electron chi connectivity index (χ4n) is 4.92. The summed E-state index contributed by atoms with van der Waals surface area (Å²) in [5.74, 6) is 1.18. The van der Waals surface area contributed by atoms with Gasteiger partial charge in [-0.2, -0.15) is 0 Å². The van der Waals surface area contributed by atoms with Crippen molar-refractivity contribution in [3.63, 3.8) is 0 Å². The highest BCUT2D eigenvalue weighted by Gasteiger charge is 2.38. The number of ether oxygens (including phenoxy) is 2. The molecule has 2 fully saturated rings. The average molecular weight is 481 g/mol. The summed E-state index contributed by atoms with van der Waals surface area (Å²) in [4.78, 5) is 27.4. The smallest absolute Gasteiger partial charge is 0.261 e. The van der Waals surface area contributed by atoms with Gasteiger partial charge in [0.05, 0.1) is 19.3 Å². The molecule has 9 nitrogen and oxygen atoms in total. The zero-order valence-corrected chi connectivity index (χ0v) is 19.3. The van der Waals surface area contributed by atoms with Crippen LogP contribution in [0.2, 0.25) is 5.02 Å². The average Bonchev–Trinajstić information content (AvgIpc) is 3.02. The maximum absolute atomic E-state index is 13.8. The number of morpholine rings is 1. The largest absolute Gasteiger partial charge is 0.489 e. The summed E-state index contributed by atoms with van der Waals surface area (Å²) < 4.78 is 11.8. The number of hydrogen-bond donors (Lipinski definition) is 2. The van der Waals surface area contributed by atoms with E-state index in [0.29, 0.717) is 80.3 Å². The minimum atomic E-state index is -0.105. The SMILES string of the molecule is Nc1cc2ccccc2c(-c2nc(N3CCOCC3)c3c(c2Cl)OC[C@H]2CNCCN2C3=O)n1. The Morgan fingerprint density at radius 3 is 2.79 bits per heavy atom. The number of aromatic nitrogens is 2. The van der Waals surface area contributed by atoms with Crippen LogP contribution >= 0.6 is 11.6 Å². The highest BCUT2D eigenvalue weighted by molar-refractivity contribution is 6.35. The Hall–Kier alpha value is -3.14. The molecule has 0 spiro atoms. The Balaban J connectivity index is 1.60. The minimum Gasteiger partial charge on any atom is -0.489 e. The summed E-state index contributed by atoms with van der Waals surface area (Å²) in [5.41, 5.74) is 7.58. The van der Waals surface area contributed by atoms with E-state index >= 15 is 0 Å². The van der Waals surface area contributed by atoms with Crippen LogP contribution < -0.4 is 20.7 Å². The Morgan fingerprint density at radius 1 is 1.12 bits per heavy atom. The van der Waals surface area contributed by atoms with Crippen LogP contribution in [0.1, 0.15) is 10.4 Å². The van der Waals surface area contributed by atoms with Gasteiger partial charge in [-0.3, -0.25) is 4.79 Å². The van der Waals surface area contributed by atoms with Gasteiger partial charge in [0.2, 0.25) is 0 Å². The van der Waals surface area contributed by atoms with Gasteiger partial charge in [0.1, 0.15) is 40.2 Å². The number of amides is 1. The molecule has 3 aliphatic rings. The van der Waals surface area contributed by atoms with Gasteiger partial charge in [-0.05, 0) is 11.5 Å². The number of hydrogen-bond acceptors (Lipinski definition) is 8. The Kier molecular flexibility index (Phi) is 5.40. The zero-order chi connectivity index (χ0) is 23.2. The number of carbonyl (C=O) groups is 1. The number of anilines is 2. The first-order chi connectivity index (χ1) is 16.6. The Morgan fingerprint density at radius 2 is 1.94 bits per heavy atom. The molecule has 3 N–H and O–H groups in total. The first-order valence-electron chi connectivity index (χ1n) is 11.5. The van der Waals surface area contributed by atoms with Crippen molar-refractivity contribution in [1.82, 2.24) is 20.2 Å². The van der Waals surface area contributed by atoms with Crippen molar-refractivity contribution in [2.45, 2.75) is 6.04 Å². The molecule has 0 radical (unpaired) electrons. The molecule has 176 valence electrons. The maximum atomic E-state index is 13.8. The number of nitrogens with zero attached hydrogens (tertiary/aromatic N) is 4. The molecule has 1 aromatic carbocycles. The lowest BCUT2D eigenvalue weighted by atomic mass is 10.0. The van der Waals surface area contributed by atoms with E-state index in [0.717, 1.165) is 17.3 Å². The van der Waals surface area contributed by atoms with E-state index in [1.54, 1.807) is 0 Å². The molecule has 34 heavy (non-hydrogen) atoms. The van der Waals surface area contributed by atoms with E-state index in [4.69, 9.17) is 31.8 Å². The molecule has 1 atom stereocenters. The lowest BCUT2D eigenvalue weighted by molar-refractivity contribution is 0.0606. The number of pyridine rings is 2. The highest BCUT2D eigenvalue weighted by atomic mass is 35.5. The van der Waals surface area contributed by atoms with Crippen LogP contribution in [0, 0.1) is 0 Å². The van der Waals surface area contributed by atoms with Gasteiger partial charge < -0.3 is 30.3 Å². The second kappa shape index (κ2) is 8.57. The Labute approximate surface area is 201 Å². The van der Waals surface area contributed by atoms with Crippen LogP contribution in [0.3, 0.4) is 0 Å². The van der Waals surface area contributed by atoms with Gasteiger partial charge in [0.15, 0.2) is 5.75 Å². The third kappa shape index (κ3) is 3.51. The number of rotatable bonds is 2. The van der Waals surface area contributed by atoms with Crippen molar-refractivity contribution in [2.24, 2.45) is 0 Å². The van der Waals surface area contributed by atoms with E-state index in [2.05, 4.69) is 15.2 Å². The first kappa shape index (κ1) is 21.4. The number of nitrogens with one attached hydrogen (secondary N) is 1. The lowest BCUT2D eigenvalue weighted by Gasteiger charge is -2.35. The summed E-state index contributed by atoms with van der Waals surface area (Å²) in [5, 5.41) is 5.43. The molecular formula is C24H25ClN6O3. The van der Waals surface area contributed by atoms with Crippen molar-refractivity contribution in [3.8, 4) is 17.1 Å². The molecule has 3 aromatic rings. The fraction of sp³-hybridized carbons (Fsp3) is 0.375. The molecule has 2 aromatic heterocycles. The molecule has 0 aliphatic carbocycles. The van der Waals surface area contributed by atoms with Crippen molar-refractivity contribution < 1.29 is 14.3 Å². The summed E-state index contributed by atoms with van der Waals surface area (Å²) in [7, 11) is 0. The fourth-order valence-corrected chi connectivity index (χ4v) is 5.20. The molecule has 3 aliphatic heterocycles. The number of benzene rings is 1. The second-order valence-corrected chi connectivity index (χ2v) is 9.06. The van der Waals surface area contributed by atoms with E-state index in [-0.39, 0.29) is 17.0 Å². The topological polar surface area (TPSA) is 106 Å². The summed E-state index contributed by atoms with van der Waals surface area (Å²) in [6, 6.07) is 9.58. The molecule has 10 heteroatoms. The van der Waals surface area contributed by atoms with Crippen LogP contribution in [-0.4, -0.2) is 79.4 Å². The number of halogens is 1. The number of nitrogen functional groups attached to an aromatic ring is 1. The van der Waals surface area contributed by atoms with Crippen LogP contribution in [0.4, 0.5) is 11.6 Å². The van der Waals surface area contributed by atoms with Gasteiger partial charge in [0, 0.05) is 38.1 Å². The molecule has 0 bridgehead atoms. The van der Waals surface area contributed by atoms with Crippen molar-refractivity contribution in [3.05, 3.63) is 40.9 Å². The van der Waals surface area contributed by atoms with Crippen LogP contribution in [0.15, 0.2) is 30.3 Å². The highest BCUT2D eigenvalue weighted by Crippen LogP contribution is 2.44. The molecule has 1 amide bonds. The molecule has 2 saturated heterocycles. The summed E-state index contributed by atoms with van der Waals surface area (Å²) >= 11 is 6.96. The molecule has 6 rings (SSSR count). The van der Waals surface area contributed by atoms with Crippen molar-refractivity contribution in [1.29, 1.82) is 0 Å². The van der Waals surface area contributed by atoms with Crippen LogP contribution in [0.25, 0.3) is 22.2 Å². The standard InChI is InChI=1S/C24H25ClN6O3/c25-19-21(20-16-4-2-1-3-14(16)11-17(26)28-20)29-23(30-7-9-33-10-8-30)18-22(19)34-13-15-12-27-5-6-31(15)24(18)32/h1-4,11,15,27H,5-10,12-13H2,(H2,26,28)/t15-/m1/s1. The summed E-state index contributed by atoms with van der Waals surface area (Å²) in [6.45, 7) is 4.71. The predicted molar refractivity (Wildman–Crippen MR) is 131 cm³/mol. The van der Waals surface area contributed by atoms with E-state index in [9.17, 15) is 4.79 Å². The quantitative estimate of drug-likeness (QED) is 0.575. The minimum absolute atomic E-state index is 0.0722. The van der Waals surface area contributed by atoms with Gasteiger partial charge >= 0.3 is 0 Å². The third-order valence-electron chi connectivity index (χ3n) is 6.62. The van der Waals surface area contributed by atoms with Gasteiger partial charge in [0.25, 0.3) is 5.91 Å². The van der Waals surface area contributed by atoms with Crippen LogP contribution in [-0.2, 0) is 4.74 Å². The van der Waals surface area contributed by atoms with Crippen LogP contribution in [0.5, 0.6) is 5.75 Å². The first-order valence-corrected chi connectivity index (χ1v) is 11.9. The Bertz CT molecular complexity index is 1280. The normalized spacial score (nSPS) is 20.5. The van der Waals surface area contributed by atoms with E-state index in [1.807, 2.05) is 35.2 Å². The monoisotopic (exact) mass is 480 g/mol. The lowest BCUT2D eigenvalue weighted by Crippen LogP contribution is -2.55. The number of nitrogens with two attached hydrogens (primary N) is 1. The number of fused-ring (bicyclic) bond motifs is 3.